The highest BCUT2D eigenvalue weighted by molar-refractivity contribution is 9.10. The summed E-state index contributed by atoms with van der Waals surface area (Å²) in [6.07, 6.45) is 0. The van der Waals surface area contributed by atoms with Gasteiger partial charge in [0, 0.05) is 10.0 Å². The fourth-order valence-corrected chi connectivity index (χ4v) is 3.11. The SMILES string of the molecule is COC(=O)CSc1nnc(-c2ccc(Br)cc2)s1. The Morgan fingerprint density at radius 1 is 1.39 bits per heavy atom. The van der Waals surface area contributed by atoms with Gasteiger partial charge in [0.15, 0.2) is 4.34 Å². The first kappa shape index (κ1) is 13.5. The molecular weight excluding hydrogens is 336 g/mol. The lowest BCUT2D eigenvalue weighted by atomic mass is 10.2. The third kappa shape index (κ3) is 3.54. The molecule has 2 rings (SSSR count). The van der Waals surface area contributed by atoms with E-state index in [-0.39, 0.29) is 11.7 Å². The van der Waals surface area contributed by atoms with E-state index in [1.165, 1.54) is 30.2 Å². The Morgan fingerprint density at radius 3 is 2.78 bits per heavy atom. The van der Waals surface area contributed by atoms with Gasteiger partial charge in [0.2, 0.25) is 0 Å². The number of hydrogen-bond donors (Lipinski definition) is 0. The number of nitrogens with zero attached hydrogens (tertiary/aromatic N) is 2. The van der Waals surface area contributed by atoms with Gasteiger partial charge >= 0.3 is 5.97 Å². The van der Waals surface area contributed by atoms with Crippen molar-refractivity contribution in [2.75, 3.05) is 12.9 Å². The standard InChI is InChI=1S/C11H9BrN2O2S2/c1-16-9(15)6-17-11-14-13-10(18-11)7-2-4-8(12)5-3-7/h2-5H,6H2,1H3. The zero-order chi connectivity index (χ0) is 13.0. The van der Waals surface area contributed by atoms with Crippen LogP contribution in [0.5, 0.6) is 0 Å². The molecule has 0 saturated carbocycles. The van der Waals surface area contributed by atoms with Crippen LogP contribution >= 0.6 is 39.0 Å². The summed E-state index contributed by atoms with van der Waals surface area (Å²) in [5.41, 5.74) is 1.01. The van der Waals surface area contributed by atoms with E-state index in [9.17, 15) is 4.79 Å². The third-order valence-electron chi connectivity index (χ3n) is 2.04. The molecule has 0 atom stereocenters. The first-order valence-electron chi connectivity index (χ1n) is 4.98. The van der Waals surface area contributed by atoms with Crippen LogP contribution in [0, 0.1) is 0 Å². The average Bonchev–Trinajstić information content (AvgIpc) is 2.85. The van der Waals surface area contributed by atoms with Gasteiger partial charge in [0.25, 0.3) is 0 Å². The average molecular weight is 345 g/mol. The fraction of sp³-hybridized carbons (Fsp3) is 0.182. The third-order valence-corrected chi connectivity index (χ3v) is 4.65. The predicted molar refractivity (Wildman–Crippen MR) is 75.8 cm³/mol. The smallest absolute Gasteiger partial charge is 0.316 e. The molecule has 1 aromatic carbocycles. The van der Waals surface area contributed by atoms with Crippen LogP contribution in [0.15, 0.2) is 33.1 Å². The van der Waals surface area contributed by atoms with E-state index in [0.29, 0.717) is 0 Å². The molecule has 0 bridgehead atoms. The Morgan fingerprint density at radius 2 is 2.11 bits per heavy atom. The Labute approximate surface area is 121 Å². The molecule has 1 heterocycles. The molecule has 4 nitrogen and oxygen atoms in total. The topological polar surface area (TPSA) is 52.1 Å². The molecule has 94 valence electrons. The number of esters is 1. The maximum atomic E-state index is 11.0. The van der Waals surface area contributed by atoms with Gasteiger partial charge in [-0.25, -0.2) is 0 Å². The molecule has 1 aromatic heterocycles. The number of thioether (sulfide) groups is 1. The van der Waals surface area contributed by atoms with Crippen LogP contribution in [0.2, 0.25) is 0 Å². The highest BCUT2D eigenvalue weighted by Crippen LogP contribution is 2.29. The Kier molecular flexibility index (Phi) is 4.73. The van der Waals surface area contributed by atoms with Crippen LogP contribution in [0.1, 0.15) is 0 Å². The lowest BCUT2D eigenvalue weighted by molar-refractivity contribution is -0.137. The van der Waals surface area contributed by atoms with E-state index >= 15 is 0 Å². The second kappa shape index (κ2) is 6.31. The van der Waals surface area contributed by atoms with E-state index in [1.54, 1.807) is 0 Å². The van der Waals surface area contributed by atoms with Crippen molar-refractivity contribution in [3.05, 3.63) is 28.7 Å². The van der Waals surface area contributed by atoms with E-state index in [4.69, 9.17) is 0 Å². The number of carbonyl (C=O) groups excluding carboxylic acids is 1. The molecule has 0 aliphatic rings. The summed E-state index contributed by atoms with van der Waals surface area (Å²) < 4.78 is 6.35. The lowest BCUT2D eigenvalue weighted by Crippen LogP contribution is -2.02. The molecule has 0 aliphatic heterocycles. The van der Waals surface area contributed by atoms with Crippen molar-refractivity contribution < 1.29 is 9.53 Å². The van der Waals surface area contributed by atoms with Crippen molar-refractivity contribution in [1.29, 1.82) is 0 Å². The highest BCUT2D eigenvalue weighted by atomic mass is 79.9. The molecule has 0 N–H and O–H groups in total. The number of halogens is 1. The molecule has 7 heteroatoms. The Balaban J connectivity index is 2.06. The van der Waals surface area contributed by atoms with Crippen LogP contribution in [-0.2, 0) is 9.53 Å². The van der Waals surface area contributed by atoms with Gasteiger partial charge in [0.1, 0.15) is 5.01 Å². The molecule has 0 saturated heterocycles. The minimum Gasteiger partial charge on any atom is -0.468 e. The first-order chi connectivity index (χ1) is 8.69. The van der Waals surface area contributed by atoms with Crippen LogP contribution in [0.3, 0.4) is 0 Å². The number of methoxy groups -OCH3 is 1. The van der Waals surface area contributed by atoms with Gasteiger partial charge in [-0.1, -0.05) is 51.2 Å². The van der Waals surface area contributed by atoms with Crippen LogP contribution in [0.25, 0.3) is 10.6 Å². The minimum absolute atomic E-state index is 0.255. The Hall–Kier alpha value is -0.920. The van der Waals surface area contributed by atoms with Crippen molar-refractivity contribution in [2.24, 2.45) is 0 Å². The number of ether oxygens (including phenoxy) is 1. The van der Waals surface area contributed by atoms with E-state index in [0.717, 1.165) is 19.4 Å². The van der Waals surface area contributed by atoms with Crippen molar-refractivity contribution in [3.8, 4) is 10.6 Å². The van der Waals surface area contributed by atoms with Gasteiger partial charge in [-0.2, -0.15) is 0 Å². The zero-order valence-corrected chi connectivity index (χ0v) is 12.6. The number of rotatable bonds is 4. The van der Waals surface area contributed by atoms with Crippen LogP contribution in [-0.4, -0.2) is 29.0 Å². The van der Waals surface area contributed by atoms with Gasteiger partial charge < -0.3 is 4.74 Å². The summed E-state index contributed by atoms with van der Waals surface area (Å²) in [6.45, 7) is 0. The molecule has 2 aromatic rings. The number of benzene rings is 1. The summed E-state index contributed by atoms with van der Waals surface area (Å²) in [6, 6.07) is 7.86. The monoisotopic (exact) mass is 344 g/mol. The van der Waals surface area contributed by atoms with E-state index in [2.05, 4.69) is 30.9 Å². The number of carbonyl (C=O) groups is 1. The molecule has 0 unspecified atom stereocenters. The van der Waals surface area contributed by atoms with Crippen LogP contribution < -0.4 is 0 Å². The van der Waals surface area contributed by atoms with E-state index in [1.807, 2.05) is 24.3 Å². The molecule has 0 radical (unpaired) electrons. The molecule has 0 aliphatic carbocycles. The maximum Gasteiger partial charge on any atom is 0.316 e. The number of aromatic nitrogens is 2. The van der Waals surface area contributed by atoms with Crippen LogP contribution in [0.4, 0.5) is 0 Å². The first-order valence-corrected chi connectivity index (χ1v) is 7.57. The normalized spacial score (nSPS) is 10.3. The Bertz CT molecular complexity index is 542. The molecule has 0 spiro atoms. The molecule has 18 heavy (non-hydrogen) atoms. The second-order valence-electron chi connectivity index (χ2n) is 3.24. The summed E-state index contributed by atoms with van der Waals surface area (Å²) in [4.78, 5) is 11.0. The summed E-state index contributed by atoms with van der Waals surface area (Å²) >= 11 is 6.18. The second-order valence-corrected chi connectivity index (χ2v) is 6.36. The lowest BCUT2D eigenvalue weighted by Gasteiger charge is -1.95. The molecule has 0 amide bonds. The van der Waals surface area contributed by atoms with Gasteiger partial charge in [0.05, 0.1) is 12.9 Å². The summed E-state index contributed by atoms with van der Waals surface area (Å²) in [5.74, 6) is -0.00810. The highest BCUT2D eigenvalue weighted by Gasteiger charge is 2.09. The number of hydrogen-bond acceptors (Lipinski definition) is 6. The quantitative estimate of drug-likeness (QED) is 0.629. The minimum atomic E-state index is -0.264. The van der Waals surface area contributed by atoms with Crippen molar-refractivity contribution in [2.45, 2.75) is 4.34 Å². The van der Waals surface area contributed by atoms with E-state index < -0.39 is 0 Å². The maximum absolute atomic E-state index is 11.0. The summed E-state index contributed by atoms with van der Waals surface area (Å²) in [5, 5.41) is 8.98. The van der Waals surface area contributed by atoms with Gasteiger partial charge in [-0.05, 0) is 12.1 Å². The molecular formula is C11H9BrN2O2S2. The van der Waals surface area contributed by atoms with Crippen molar-refractivity contribution in [1.82, 2.24) is 10.2 Å². The fourth-order valence-electron chi connectivity index (χ4n) is 1.16. The predicted octanol–water partition coefficient (Wildman–Crippen LogP) is 3.23. The largest absolute Gasteiger partial charge is 0.468 e. The van der Waals surface area contributed by atoms with Gasteiger partial charge in [-0.15, -0.1) is 10.2 Å². The van der Waals surface area contributed by atoms with Gasteiger partial charge in [-0.3, -0.25) is 4.79 Å². The zero-order valence-electron chi connectivity index (χ0n) is 9.42. The van der Waals surface area contributed by atoms with Crippen molar-refractivity contribution in [3.63, 3.8) is 0 Å². The van der Waals surface area contributed by atoms with Crippen molar-refractivity contribution >= 4 is 45.0 Å². The molecule has 0 fully saturated rings. The summed E-state index contributed by atoms with van der Waals surface area (Å²) in [7, 11) is 1.37.